The Kier molecular flexibility index (Phi) is 11.8. The summed E-state index contributed by atoms with van der Waals surface area (Å²) in [4.78, 5) is 0. The minimum absolute atomic E-state index is 0.570. The lowest BCUT2D eigenvalue weighted by Gasteiger charge is -2.16. The van der Waals surface area contributed by atoms with Crippen LogP contribution < -0.4 is 16.9 Å². The molecule has 0 aliphatic heterocycles. The molecule has 2 rings (SSSR count). The van der Waals surface area contributed by atoms with Crippen molar-refractivity contribution in [3.8, 4) is 0 Å². The predicted molar refractivity (Wildman–Crippen MR) is 112 cm³/mol. The Hall–Kier alpha value is -2.38. The molecule has 0 aliphatic rings. The summed E-state index contributed by atoms with van der Waals surface area (Å²) in [5.41, 5.74) is 7.50. The van der Waals surface area contributed by atoms with E-state index in [0.717, 1.165) is 28.9 Å². The molecule has 0 fully saturated rings. The Morgan fingerprint density at radius 1 is 1.11 bits per heavy atom. The third kappa shape index (κ3) is 9.53. The molecule has 156 valence electrons. The zero-order valence-electron chi connectivity index (χ0n) is 16.5. The number of hydrazine groups is 1. The normalized spacial score (nSPS) is 10.5. The summed E-state index contributed by atoms with van der Waals surface area (Å²) in [6.07, 6.45) is -1.21. The maximum atomic E-state index is 11.9. The molecule has 0 heterocycles. The van der Waals surface area contributed by atoms with Gasteiger partial charge in [-0.3, -0.25) is 0 Å². The van der Waals surface area contributed by atoms with Gasteiger partial charge in [-0.25, -0.2) is 5.84 Å². The van der Waals surface area contributed by atoms with Crippen LogP contribution in [0.3, 0.4) is 0 Å². The van der Waals surface area contributed by atoms with Gasteiger partial charge in [0.05, 0.1) is 12.1 Å². The second-order valence-corrected chi connectivity index (χ2v) is 5.87. The van der Waals surface area contributed by atoms with Crippen molar-refractivity contribution < 1.29 is 13.2 Å². The molecule has 0 amide bonds. The fraction of sp³-hybridized carbons (Fsp3) is 0.300. The van der Waals surface area contributed by atoms with E-state index in [2.05, 4.69) is 5.32 Å². The van der Waals surface area contributed by atoms with Gasteiger partial charge in [-0.1, -0.05) is 49.2 Å². The fourth-order valence-corrected chi connectivity index (χ4v) is 2.19. The van der Waals surface area contributed by atoms with Gasteiger partial charge in [0.1, 0.15) is 0 Å². The number of alkyl halides is 3. The molecule has 28 heavy (non-hydrogen) atoms. The van der Waals surface area contributed by atoms with Crippen LogP contribution in [-0.4, -0.2) is 12.1 Å². The topological polar surface area (TPSA) is 67.3 Å². The van der Waals surface area contributed by atoms with Crippen molar-refractivity contribution in [2.75, 3.05) is 12.4 Å². The highest BCUT2D eigenvalue weighted by Crippen LogP contribution is 2.28. The number of hydrogen-bond acceptors (Lipinski definition) is 4. The first-order chi connectivity index (χ1) is 13.2. The average molecular weight is 417 g/mol. The smallest absolute Gasteiger partial charge is 0.403 e. The number of nitrogens with two attached hydrogens (primary N) is 2. The molecular formula is C20H28ClF3N4. The minimum atomic E-state index is -4.21. The lowest BCUT2D eigenvalue weighted by Crippen LogP contribution is -2.25. The van der Waals surface area contributed by atoms with Gasteiger partial charge < -0.3 is 16.1 Å². The molecule has 0 aliphatic carbocycles. The van der Waals surface area contributed by atoms with Crippen molar-refractivity contribution >= 4 is 17.3 Å². The SMILES string of the molecule is CC.CNc1cc(Cl)ccc1CN(N)/C=C\N.Cc1ccc(C(F)(F)F)cc1. The monoisotopic (exact) mass is 416 g/mol. The first-order valence-corrected chi connectivity index (χ1v) is 9.05. The van der Waals surface area contributed by atoms with E-state index >= 15 is 0 Å². The molecule has 2 aromatic rings. The average Bonchev–Trinajstić information content (AvgIpc) is 2.65. The number of nitrogens with zero attached hydrogens (tertiary/aromatic N) is 1. The molecule has 0 bridgehead atoms. The quantitative estimate of drug-likeness (QED) is 0.453. The molecule has 0 radical (unpaired) electrons. The van der Waals surface area contributed by atoms with Gasteiger partial charge in [0.2, 0.25) is 0 Å². The van der Waals surface area contributed by atoms with Gasteiger partial charge >= 0.3 is 6.18 Å². The van der Waals surface area contributed by atoms with Gasteiger partial charge in [-0.2, -0.15) is 13.2 Å². The maximum absolute atomic E-state index is 11.9. The van der Waals surface area contributed by atoms with Crippen LogP contribution in [0.1, 0.15) is 30.5 Å². The summed E-state index contributed by atoms with van der Waals surface area (Å²) < 4.78 is 35.8. The number of rotatable bonds is 4. The van der Waals surface area contributed by atoms with E-state index in [1.165, 1.54) is 23.3 Å². The van der Waals surface area contributed by atoms with E-state index in [1.807, 2.05) is 39.1 Å². The van der Waals surface area contributed by atoms with Crippen LogP contribution in [0.4, 0.5) is 18.9 Å². The number of hydrogen-bond donors (Lipinski definition) is 3. The fourth-order valence-electron chi connectivity index (χ4n) is 2.02. The van der Waals surface area contributed by atoms with Crippen molar-refractivity contribution in [1.29, 1.82) is 0 Å². The Balaban J connectivity index is 0.000000497. The van der Waals surface area contributed by atoms with Gasteiger partial charge in [-0.05, 0) is 36.8 Å². The molecule has 4 nitrogen and oxygen atoms in total. The van der Waals surface area contributed by atoms with Crippen LogP contribution in [0, 0.1) is 6.92 Å². The number of nitrogens with one attached hydrogen (secondary N) is 1. The second-order valence-electron chi connectivity index (χ2n) is 5.43. The highest BCUT2D eigenvalue weighted by Gasteiger charge is 2.29. The number of aryl methyl sites for hydroxylation is 1. The summed E-state index contributed by atoms with van der Waals surface area (Å²) in [6.45, 7) is 6.32. The molecule has 0 atom stereocenters. The van der Waals surface area contributed by atoms with Gasteiger partial charge in [0.15, 0.2) is 0 Å². The molecule has 8 heteroatoms. The van der Waals surface area contributed by atoms with E-state index in [-0.39, 0.29) is 0 Å². The Bertz CT molecular complexity index is 716. The van der Waals surface area contributed by atoms with Crippen LogP contribution in [0.5, 0.6) is 0 Å². The van der Waals surface area contributed by atoms with Crippen LogP contribution in [0.15, 0.2) is 54.9 Å². The van der Waals surface area contributed by atoms with Crippen LogP contribution in [0.25, 0.3) is 0 Å². The van der Waals surface area contributed by atoms with Crippen LogP contribution in [0.2, 0.25) is 5.02 Å². The molecule has 2 aromatic carbocycles. The van der Waals surface area contributed by atoms with E-state index in [9.17, 15) is 13.2 Å². The zero-order chi connectivity index (χ0) is 21.7. The Morgan fingerprint density at radius 3 is 2.14 bits per heavy atom. The highest BCUT2D eigenvalue weighted by molar-refractivity contribution is 6.30. The third-order valence-corrected chi connectivity index (χ3v) is 3.59. The standard InChI is InChI=1S/C10H15ClN4.C8H7F3.C2H6/c1-14-10-6-9(11)3-2-8(10)7-15(13)5-4-12;1-6-2-4-7(5-3-6)8(9,10)11;1-2/h2-6,14H,7,12-13H2,1H3;2-5H,1H3;1-2H3/b5-4-;;. The van der Waals surface area contributed by atoms with E-state index < -0.39 is 11.7 Å². The second kappa shape index (κ2) is 12.9. The molecule has 5 N–H and O–H groups in total. The molecule has 0 aromatic heterocycles. The van der Waals surface area contributed by atoms with Gasteiger partial charge in [0.25, 0.3) is 0 Å². The van der Waals surface area contributed by atoms with Gasteiger partial charge in [-0.15, -0.1) is 0 Å². The minimum Gasteiger partial charge on any atom is -0.403 e. The van der Waals surface area contributed by atoms with E-state index in [0.29, 0.717) is 11.6 Å². The summed E-state index contributed by atoms with van der Waals surface area (Å²) in [7, 11) is 1.84. The van der Waals surface area contributed by atoms with E-state index in [1.54, 1.807) is 13.1 Å². The maximum Gasteiger partial charge on any atom is 0.416 e. The summed E-state index contributed by atoms with van der Waals surface area (Å²) in [5, 5.41) is 5.26. The van der Waals surface area contributed by atoms with Gasteiger partial charge in [0, 0.05) is 30.2 Å². The lowest BCUT2D eigenvalue weighted by molar-refractivity contribution is -0.137. The zero-order valence-corrected chi connectivity index (χ0v) is 17.3. The summed E-state index contributed by atoms with van der Waals surface area (Å²) >= 11 is 5.87. The molecule has 0 saturated carbocycles. The van der Waals surface area contributed by atoms with Crippen LogP contribution >= 0.6 is 11.6 Å². The third-order valence-electron chi connectivity index (χ3n) is 3.35. The number of halogens is 4. The van der Waals surface area contributed by atoms with Crippen molar-refractivity contribution in [2.45, 2.75) is 33.5 Å². The summed E-state index contributed by atoms with van der Waals surface area (Å²) in [6, 6.07) is 10.7. The lowest BCUT2D eigenvalue weighted by atomic mass is 10.1. The Morgan fingerprint density at radius 2 is 1.68 bits per heavy atom. The number of anilines is 1. The first-order valence-electron chi connectivity index (χ1n) is 8.67. The highest BCUT2D eigenvalue weighted by atomic mass is 35.5. The largest absolute Gasteiger partial charge is 0.416 e. The Labute approximate surface area is 169 Å². The number of benzene rings is 2. The molecular weight excluding hydrogens is 389 g/mol. The van der Waals surface area contributed by atoms with Crippen molar-refractivity contribution in [2.24, 2.45) is 11.6 Å². The van der Waals surface area contributed by atoms with Crippen molar-refractivity contribution in [3.63, 3.8) is 0 Å². The predicted octanol–water partition coefficient (Wildman–Crippen LogP) is 5.53. The first kappa shape index (κ1) is 25.6. The summed E-state index contributed by atoms with van der Waals surface area (Å²) in [5.74, 6) is 5.68. The van der Waals surface area contributed by atoms with Crippen molar-refractivity contribution in [3.05, 3.63) is 76.6 Å². The van der Waals surface area contributed by atoms with Crippen molar-refractivity contribution in [1.82, 2.24) is 5.01 Å². The molecule has 0 spiro atoms. The van der Waals surface area contributed by atoms with E-state index in [4.69, 9.17) is 23.2 Å². The molecule has 0 saturated heterocycles. The van der Waals surface area contributed by atoms with Crippen LogP contribution in [-0.2, 0) is 12.7 Å². The molecule has 0 unspecified atom stereocenters.